The monoisotopic (exact) mass is 416 g/mol. The maximum absolute atomic E-state index is 5.86. The average Bonchev–Trinajstić information content (AvgIpc) is 2.78. The molecule has 0 radical (unpaired) electrons. The van der Waals surface area contributed by atoms with Gasteiger partial charge >= 0.3 is 0 Å². The van der Waals surface area contributed by atoms with Gasteiger partial charge in [0.1, 0.15) is 0 Å². The van der Waals surface area contributed by atoms with Crippen LogP contribution in [0.3, 0.4) is 0 Å². The van der Waals surface area contributed by atoms with Gasteiger partial charge in [0.25, 0.3) is 0 Å². The third-order valence-electron chi connectivity index (χ3n) is 5.85. The molecular weight excluding hydrogens is 376 g/mol. The molecule has 6 heteroatoms. The highest BCUT2D eigenvalue weighted by Gasteiger charge is 2.20. The predicted molar refractivity (Wildman–Crippen MR) is 123 cm³/mol. The van der Waals surface area contributed by atoms with Crippen LogP contribution >= 0.6 is 0 Å². The van der Waals surface area contributed by atoms with Gasteiger partial charge in [0, 0.05) is 58.6 Å². The molecule has 1 aromatic carbocycles. The number of guanidine groups is 1. The van der Waals surface area contributed by atoms with Gasteiger partial charge in [0.05, 0.1) is 0 Å². The van der Waals surface area contributed by atoms with Crippen LogP contribution in [0, 0.1) is 5.92 Å². The van der Waals surface area contributed by atoms with Crippen LogP contribution < -0.4 is 10.6 Å². The summed E-state index contributed by atoms with van der Waals surface area (Å²) >= 11 is 0. The normalized spacial score (nSPS) is 21.5. The van der Waals surface area contributed by atoms with E-state index in [2.05, 4.69) is 52.8 Å². The van der Waals surface area contributed by atoms with Gasteiger partial charge in [0.2, 0.25) is 0 Å². The van der Waals surface area contributed by atoms with Gasteiger partial charge in [-0.15, -0.1) is 0 Å². The van der Waals surface area contributed by atoms with Gasteiger partial charge < -0.3 is 20.1 Å². The van der Waals surface area contributed by atoms with E-state index in [1.165, 1.54) is 24.9 Å². The van der Waals surface area contributed by atoms with Crippen molar-refractivity contribution in [1.29, 1.82) is 0 Å². The molecule has 1 aromatic rings. The van der Waals surface area contributed by atoms with E-state index in [0.717, 1.165) is 77.8 Å². The van der Waals surface area contributed by atoms with Gasteiger partial charge in [-0.1, -0.05) is 30.3 Å². The molecule has 0 bridgehead atoms. The number of hydrogen-bond acceptors (Lipinski definition) is 4. The first-order valence-corrected chi connectivity index (χ1v) is 11.8. The molecule has 0 aromatic heterocycles. The molecule has 0 aliphatic carbocycles. The van der Waals surface area contributed by atoms with Crippen LogP contribution in [0.5, 0.6) is 0 Å². The first kappa shape index (κ1) is 23.0. The molecule has 1 unspecified atom stereocenters. The Morgan fingerprint density at radius 1 is 1.20 bits per heavy atom. The van der Waals surface area contributed by atoms with E-state index in [1.807, 2.05) is 0 Å². The van der Waals surface area contributed by atoms with Crippen molar-refractivity contribution in [2.45, 2.75) is 51.6 Å². The maximum Gasteiger partial charge on any atom is 0.191 e. The fourth-order valence-electron chi connectivity index (χ4n) is 4.19. The molecule has 2 fully saturated rings. The molecule has 2 aliphatic rings. The molecule has 168 valence electrons. The summed E-state index contributed by atoms with van der Waals surface area (Å²) in [5.41, 5.74) is 1.39. The standard InChI is InChI=1S/C24H40N4O2/c1-2-25-24(26-13-7-15-30-20-22-11-16-29-17-12-22)27-23-10-6-14-28(19-23)18-21-8-4-3-5-9-21/h3-5,8-9,22-23H,2,6-7,10-20H2,1H3,(H2,25,26,27). The first-order chi connectivity index (χ1) is 14.8. The summed E-state index contributed by atoms with van der Waals surface area (Å²) in [5, 5.41) is 7.06. The van der Waals surface area contributed by atoms with Crippen molar-refractivity contribution in [3.63, 3.8) is 0 Å². The van der Waals surface area contributed by atoms with E-state index in [-0.39, 0.29) is 0 Å². The fourth-order valence-corrected chi connectivity index (χ4v) is 4.19. The van der Waals surface area contributed by atoms with E-state index in [1.54, 1.807) is 0 Å². The molecule has 30 heavy (non-hydrogen) atoms. The van der Waals surface area contributed by atoms with Gasteiger partial charge in [-0.25, -0.2) is 0 Å². The topological polar surface area (TPSA) is 58.1 Å². The van der Waals surface area contributed by atoms with Crippen LogP contribution in [-0.2, 0) is 16.0 Å². The van der Waals surface area contributed by atoms with E-state index in [4.69, 9.17) is 14.5 Å². The number of likely N-dealkylation sites (tertiary alicyclic amines) is 1. The van der Waals surface area contributed by atoms with Crippen LogP contribution in [-0.4, -0.2) is 69.5 Å². The number of ether oxygens (including phenoxy) is 2. The molecule has 2 aliphatic heterocycles. The van der Waals surface area contributed by atoms with Gasteiger partial charge in [-0.3, -0.25) is 9.89 Å². The van der Waals surface area contributed by atoms with Crippen molar-refractivity contribution >= 4 is 5.96 Å². The minimum atomic E-state index is 0.449. The highest BCUT2D eigenvalue weighted by molar-refractivity contribution is 5.80. The van der Waals surface area contributed by atoms with Crippen LogP contribution in [0.15, 0.2) is 35.3 Å². The number of nitrogens with one attached hydrogen (secondary N) is 2. The Hall–Kier alpha value is -1.63. The van der Waals surface area contributed by atoms with Crippen LogP contribution in [0.25, 0.3) is 0 Å². The van der Waals surface area contributed by atoms with Crippen molar-refractivity contribution in [3.8, 4) is 0 Å². The Bertz CT molecular complexity index is 604. The lowest BCUT2D eigenvalue weighted by atomic mass is 10.0. The first-order valence-electron chi connectivity index (χ1n) is 11.8. The predicted octanol–water partition coefficient (Wildman–Crippen LogP) is 3.04. The van der Waals surface area contributed by atoms with Crippen molar-refractivity contribution in [3.05, 3.63) is 35.9 Å². The van der Waals surface area contributed by atoms with Gasteiger partial charge in [-0.05, 0) is 57.1 Å². The second-order valence-electron chi connectivity index (χ2n) is 8.45. The van der Waals surface area contributed by atoms with Crippen LogP contribution in [0.2, 0.25) is 0 Å². The molecule has 0 saturated carbocycles. The average molecular weight is 417 g/mol. The van der Waals surface area contributed by atoms with Crippen molar-refractivity contribution in [2.75, 3.05) is 52.6 Å². The molecule has 3 rings (SSSR count). The summed E-state index contributed by atoms with van der Waals surface area (Å²) < 4.78 is 11.3. The Morgan fingerprint density at radius 2 is 2.03 bits per heavy atom. The zero-order chi connectivity index (χ0) is 20.9. The maximum atomic E-state index is 5.86. The zero-order valence-corrected chi connectivity index (χ0v) is 18.7. The van der Waals surface area contributed by atoms with Crippen LogP contribution in [0.4, 0.5) is 0 Å². The van der Waals surface area contributed by atoms with Crippen molar-refractivity contribution < 1.29 is 9.47 Å². The van der Waals surface area contributed by atoms with Gasteiger partial charge in [-0.2, -0.15) is 0 Å². The van der Waals surface area contributed by atoms with E-state index < -0.39 is 0 Å². The summed E-state index contributed by atoms with van der Waals surface area (Å²) in [6.07, 6.45) is 5.66. The second-order valence-corrected chi connectivity index (χ2v) is 8.45. The van der Waals surface area contributed by atoms with E-state index >= 15 is 0 Å². The molecule has 0 spiro atoms. The van der Waals surface area contributed by atoms with E-state index in [9.17, 15) is 0 Å². The van der Waals surface area contributed by atoms with Crippen molar-refractivity contribution in [1.82, 2.24) is 15.5 Å². The summed E-state index contributed by atoms with van der Waals surface area (Å²) in [5.74, 6) is 1.61. The number of piperidine rings is 1. The number of aliphatic imine (C=N–C) groups is 1. The van der Waals surface area contributed by atoms with Gasteiger partial charge in [0.15, 0.2) is 5.96 Å². The SMILES string of the molecule is CCNC(=NCCCOCC1CCOCC1)NC1CCCN(Cc2ccccc2)C1. The Kier molecular flexibility index (Phi) is 10.5. The second kappa shape index (κ2) is 13.6. The molecule has 2 N–H and O–H groups in total. The molecule has 6 nitrogen and oxygen atoms in total. The van der Waals surface area contributed by atoms with Crippen molar-refractivity contribution in [2.24, 2.45) is 10.9 Å². The Labute approximate surface area is 182 Å². The number of benzene rings is 1. The summed E-state index contributed by atoms with van der Waals surface area (Å²) in [6, 6.07) is 11.2. The largest absolute Gasteiger partial charge is 0.381 e. The van der Waals surface area contributed by atoms with E-state index in [0.29, 0.717) is 12.0 Å². The lowest BCUT2D eigenvalue weighted by Crippen LogP contribution is -2.51. The molecular formula is C24H40N4O2. The minimum absolute atomic E-state index is 0.449. The summed E-state index contributed by atoms with van der Waals surface area (Å²) in [4.78, 5) is 7.32. The minimum Gasteiger partial charge on any atom is -0.381 e. The Balaban J connectivity index is 1.35. The fraction of sp³-hybridized carbons (Fsp3) is 0.708. The summed E-state index contributed by atoms with van der Waals surface area (Å²) in [7, 11) is 0. The smallest absolute Gasteiger partial charge is 0.191 e. The highest BCUT2D eigenvalue weighted by Crippen LogP contribution is 2.15. The number of rotatable bonds is 10. The molecule has 2 heterocycles. The zero-order valence-electron chi connectivity index (χ0n) is 18.7. The number of nitrogens with zero attached hydrogens (tertiary/aromatic N) is 2. The Morgan fingerprint density at radius 3 is 2.83 bits per heavy atom. The lowest BCUT2D eigenvalue weighted by molar-refractivity contribution is 0.0205. The third kappa shape index (κ3) is 8.62. The lowest BCUT2D eigenvalue weighted by Gasteiger charge is -2.34. The molecule has 0 amide bonds. The third-order valence-corrected chi connectivity index (χ3v) is 5.85. The molecule has 1 atom stereocenters. The highest BCUT2D eigenvalue weighted by atomic mass is 16.5. The quantitative estimate of drug-likeness (QED) is 0.349. The van der Waals surface area contributed by atoms with Crippen LogP contribution in [0.1, 0.15) is 44.6 Å². The molecule has 2 saturated heterocycles. The number of hydrogen-bond donors (Lipinski definition) is 2. The summed E-state index contributed by atoms with van der Waals surface area (Å²) in [6.45, 7) is 10.5.